The molecule has 1 aromatic rings. The smallest absolute Gasteiger partial charge is 0.326 e. The average molecular weight is 309 g/mol. The molecule has 116 valence electrons. The minimum Gasteiger partial charge on any atom is -0.468 e. The van der Waals surface area contributed by atoms with Crippen LogP contribution in [0, 0.1) is 12.8 Å². The van der Waals surface area contributed by atoms with E-state index in [9.17, 15) is 4.79 Å². The van der Waals surface area contributed by atoms with Crippen molar-refractivity contribution in [1.29, 1.82) is 0 Å². The normalized spacial score (nSPS) is 25.0. The van der Waals surface area contributed by atoms with Crippen LogP contribution in [0.2, 0.25) is 0 Å². The summed E-state index contributed by atoms with van der Waals surface area (Å²) in [5.74, 6) is 1.09. The van der Waals surface area contributed by atoms with Crippen molar-refractivity contribution in [3.05, 3.63) is 18.0 Å². The molecule has 0 amide bonds. The summed E-state index contributed by atoms with van der Waals surface area (Å²) in [6.07, 6.45) is 7.59. The molecule has 0 aliphatic heterocycles. The Balaban J connectivity index is 1.92. The van der Waals surface area contributed by atoms with Crippen molar-refractivity contribution in [2.75, 3.05) is 19.9 Å². The van der Waals surface area contributed by atoms with Gasteiger partial charge in [-0.05, 0) is 44.7 Å². The standard InChI is InChI=1S/C15H23N3O2S/c1-11-9-17-14(18-10-11)21-8-6-12-5-4-7-15(12,16-2)13(19)20-3/h9-10,12,16H,4-8H2,1-3H3. The van der Waals surface area contributed by atoms with E-state index in [0.717, 1.165) is 42.2 Å². The lowest BCUT2D eigenvalue weighted by Gasteiger charge is -2.32. The summed E-state index contributed by atoms with van der Waals surface area (Å²) < 4.78 is 5.00. The van der Waals surface area contributed by atoms with Gasteiger partial charge in [-0.25, -0.2) is 9.97 Å². The van der Waals surface area contributed by atoms with Crippen molar-refractivity contribution in [3.63, 3.8) is 0 Å². The molecule has 5 nitrogen and oxygen atoms in total. The summed E-state index contributed by atoms with van der Waals surface area (Å²) >= 11 is 1.64. The lowest BCUT2D eigenvalue weighted by atomic mass is 9.85. The molecule has 0 radical (unpaired) electrons. The average Bonchev–Trinajstić information content (AvgIpc) is 2.92. The molecule has 0 saturated heterocycles. The maximum atomic E-state index is 12.1. The van der Waals surface area contributed by atoms with E-state index in [2.05, 4.69) is 15.3 Å². The van der Waals surface area contributed by atoms with Crippen molar-refractivity contribution in [2.45, 2.75) is 43.3 Å². The van der Waals surface area contributed by atoms with Crippen LogP contribution < -0.4 is 5.32 Å². The van der Waals surface area contributed by atoms with Crippen molar-refractivity contribution in [2.24, 2.45) is 5.92 Å². The minimum atomic E-state index is -0.510. The van der Waals surface area contributed by atoms with Gasteiger partial charge in [0.1, 0.15) is 5.54 Å². The molecule has 21 heavy (non-hydrogen) atoms. The third-order valence-corrected chi connectivity index (χ3v) is 5.18. The third kappa shape index (κ3) is 3.55. The number of nitrogens with one attached hydrogen (secondary N) is 1. The number of esters is 1. The zero-order valence-corrected chi connectivity index (χ0v) is 13.7. The lowest BCUT2D eigenvalue weighted by Crippen LogP contribution is -2.53. The lowest BCUT2D eigenvalue weighted by molar-refractivity contribution is -0.150. The van der Waals surface area contributed by atoms with Crippen molar-refractivity contribution in [3.8, 4) is 0 Å². The molecule has 1 heterocycles. The van der Waals surface area contributed by atoms with Crippen LogP contribution in [0.5, 0.6) is 0 Å². The van der Waals surface area contributed by atoms with Crippen molar-refractivity contribution >= 4 is 17.7 Å². The van der Waals surface area contributed by atoms with Crippen LogP contribution in [-0.2, 0) is 9.53 Å². The van der Waals surface area contributed by atoms with Gasteiger partial charge in [0.25, 0.3) is 0 Å². The largest absolute Gasteiger partial charge is 0.468 e. The minimum absolute atomic E-state index is 0.135. The van der Waals surface area contributed by atoms with Gasteiger partial charge in [0, 0.05) is 18.1 Å². The first-order valence-corrected chi connectivity index (χ1v) is 8.29. The van der Waals surface area contributed by atoms with Crippen LogP contribution in [0.25, 0.3) is 0 Å². The van der Waals surface area contributed by atoms with Gasteiger partial charge in [0.05, 0.1) is 7.11 Å². The number of ether oxygens (including phenoxy) is 1. The number of methoxy groups -OCH3 is 1. The fourth-order valence-electron chi connectivity index (χ4n) is 3.10. The molecule has 1 fully saturated rings. The Morgan fingerprint density at radius 2 is 2.24 bits per heavy atom. The van der Waals surface area contributed by atoms with Gasteiger partial charge in [-0.1, -0.05) is 18.2 Å². The number of aryl methyl sites for hydroxylation is 1. The highest BCUT2D eigenvalue weighted by molar-refractivity contribution is 7.99. The first-order chi connectivity index (χ1) is 10.1. The summed E-state index contributed by atoms with van der Waals surface area (Å²) in [5, 5.41) is 4.02. The van der Waals surface area contributed by atoms with Gasteiger partial charge in [0.15, 0.2) is 5.16 Å². The van der Waals surface area contributed by atoms with Crippen LogP contribution in [0.1, 0.15) is 31.2 Å². The number of carbonyl (C=O) groups is 1. The number of rotatable bonds is 6. The fourth-order valence-corrected chi connectivity index (χ4v) is 3.94. The summed E-state index contributed by atoms with van der Waals surface area (Å²) in [5.41, 5.74) is 0.554. The SMILES string of the molecule is CNC1(C(=O)OC)CCCC1CCSc1ncc(C)cn1. The molecule has 2 unspecified atom stereocenters. The first kappa shape index (κ1) is 16.2. The number of thioether (sulfide) groups is 1. The summed E-state index contributed by atoms with van der Waals surface area (Å²) in [4.78, 5) is 20.7. The van der Waals surface area contributed by atoms with Crippen molar-refractivity contribution in [1.82, 2.24) is 15.3 Å². The Kier molecular flexibility index (Phi) is 5.58. The van der Waals surface area contributed by atoms with E-state index in [1.54, 1.807) is 11.8 Å². The number of carbonyl (C=O) groups excluding carboxylic acids is 1. The van der Waals surface area contributed by atoms with Gasteiger partial charge < -0.3 is 10.1 Å². The van der Waals surface area contributed by atoms with Crippen LogP contribution in [-0.4, -0.2) is 41.4 Å². The van der Waals surface area contributed by atoms with Crippen LogP contribution in [0.4, 0.5) is 0 Å². The Morgan fingerprint density at radius 3 is 2.86 bits per heavy atom. The number of hydrogen-bond acceptors (Lipinski definition) is 6. The Bertz CT molecular complexity index is 480. The zero-order valence-electron chi connectivity index (χ0n) is 12.9. The highest BCUT2D eigenvalue weighted by Gasteiger charge is 2.48. The van der Waals surface area contributed by atoms with E-state index in [1.165, 1.54) is 7.11 Å². The molecule has 0 spiro atoms. The molecule has 6 heteroatoms. The maximum Gasteiger partial charge on any atom is 0.326 e. The summed E-state index contributed by atoms with van der Waals surface area (Å²) in [7, 11) is 3.32. The van der Waals surface area contributed by atoms with Crippen LogP contribution >= 0.6 is 11.8 Å². The van der Waals surface area contributed by atoms with Crippen LogP contribution in [0.15, 0.2) is 17.6 Å². The van der Waals surface area contributed by atoms with E-state index < -0.39 is 5.54 Å². The molecule has 1 aliphatic rings. The second kappa shape index (κ2) is 7.22. The van der Waals surface area contributed by atoms with E-state index in [-0.39, 0.29) is 5.97 Å². The third-order valence-electron chi connectivity index (χ3n) is 4.27. The molecule has 0 aromatic carbocycles. The second-order valence-electron chi connectivity index (χ2n) is 5.48. The maximum absolute atomic E-state index is 12.1. The monoisotopic (exact) mass is 309 g/mol. The molecule has 2 rings (SSSR count). The van der Waals surface area contributed by atoms with Gasteiger partial charge >= 0.3 is 5.97 Å². The predicted molar refractivity (Wildman–Crippen MR) is 83.3 cm³/mol. The molecule has 0 bridgehead atoms. The zero-order chi connectivity index (χ0) is 15.3. The Labute approximate surface area is 130 Å². The van der Waals surface area contributed by atoms with Gasteiger partial charge in [0.2, 0.25) is 0 Å². The molecule has 2 atom stereocenters. The van der Waals surface area contributed by atoms with E-state index in [0.29, 0.717) is 5.92 Å². The molecular weight excluding hydrogens is 286 g/mol. The highest BCUT2D eigenvalue weighted by Crippen LogP contribution is 2.39. The van der Waals surface area contributed by atoms with Crippen LogP contribution in [0.3, 0.4) is 0 Å². The highest BCUT2D eigenvalue weighted by atomic mass is 32.2. The Morgan fingerprint density at radius 1 is 1.52 bits per heavy atom. The summed E-state index contributed by atoms with van der Waals surface area (Å²) in [6.45, 7) is 1.98. The van der Waals surface area contributed by atoms with E-state index in [4.69, 9.17) is 4.74 Å². The molecule has 1 aliphatic carbocycles. The molecule has 1 N–H and O–H groups in total. The van der Waals surface area contributed by atoms with Crippen molar-refractivity contribution < 1.29 is 9.53 Å². The topological polar surface area (TPSA) is 64.1 Å². The predicted octanol–water partition coefficient (Wildman–Crippen LogP) is 2.20. The Hall–Kier alpha value is -1.14. The number of nitrogens with zero attached hydrogens (tertiary/aromatic N) is 2. The molecule has 1 saturated carbocycles. The fraction of sp³-hybridized carbons (Fsp3) is 0.667. The van der Waals surface area contributed by atoms with E-state index >= 15 is 0 Å². The molecule has 1 aromatic heterocycles. The quantitative estimate of drug-likeness (QED) is 0.494. The second-order valence-corrected chi connectivity index (χ2v) is 6.54. The summed E-state index contributed by atoms with van der Waals surface area (Å²) in [6, 6.07) is 0. The van der Waals surface area contributed by atoms with Gasteiger partial charge in [-0.15, -0.1) is 0 Å². The number of aromatic nitrogens is 2. The van der Waals surface area contributed by atoms with Gasteiger partial charge in [-0.2, -0.15) is 0 Å². The first-order valence-electron chi connectivity index (χ1n) is 7.31. The van der Waals surface area contributed by atoms with Gasteiger partial charge in [-0.3, -0.25) is 4.79 Å². The van der Waals surface area contributed by atoms with E-state index in [1.807, 2.05) is 26.4 Å². The molecular formula is C15H23N3O2S. The number of hydrogen-bond donors (Lipinski definition) is 1. The number of likely N-dealkylation sites (N-methyl/N-ethyl adjacent to an activating group) is 1.